The molecule has 1 saturated heterocycles. The molecule has 4 nitrogen and oxygen atoms in total. The van der Waals surface area contributed by atoms with Gasteiger partial charge in [0.1, 0.15) is 6.17 Å². The van der Waals surface area contributed by atoms with Crippen molar-refractivity contribution >= 4 is 5.78 Å². The van der Waals surface area contributed by atoms with E-state index in [1.807, 2.05) is 30.3 Å². The Morgan fingerprint density at radius 3 is 2.70 bits per heavy atom. The van der Waals surface area contributed by atoms with Crippen LogP contribution in [-0.4, -0.2) is 55.2 Å². The number of carbonyl (C=O) groups excluding carboxylic acids is 1. The molecule has 0 spiro atoms. The predicted molar refractivity (Wildman–Crippen MR) is 74.8 cm³/mol. The van der Waals surface area contributed by atoms with Crippen molar-refractivity contribution in [1.82, 2.24) is 9.96 Å². The third-order valence-corrected chi connectivity index (χ3v) is 3.66. The Morgan fingerprint density at radius 2 is 2.15 bits per heavy atom. The molecule has 2 rings (SSSR count). The van der Waals surface area contributed by atoms with Crippen molar-refractivity contribution < 1.29 is 14.0 Å². The van der Waals surface area contributed by atoms with E-state index >= 15 is 0 Å². The lowest BCUT2D eigenvalue weighted by molar-refractivity contribution is -0.156. The fourth-order valence-corrected chi connectivity index (χ4v) is 2.56. The summed E-state index contributed by atoms with van der Waals surface area (Å²) < 4.78 is 13.3. The molecule has 1 aliphatic rings. The minimum Gasteiger partial charge on any atom is -0.302 e. The van der Waals surface area contributed by atoms with Crippen molar-refractivity contribution in [2.45, 2.75) is 25.2 Å². The predicted octanol–water partition coefficient (Wildman–Crippen LogP) is 1.66. The highest BCUT2D eigenvalue weighted by Gasteiger charge is 2.34. The highest BCUT2D eigenvalue weighted by Crippen LogP contribution is 2.19. The summed E-state index contributed by atoms with van der Waals surface area (Å²) in [7, 11) is 3.34. The van der Waals surface area contributed by atoms with Crippen LogP contribution in [0.15, 0.2) is 30.3 Å². The summed E-state index contributed by atoms with van der Waals surface area (Å²) in [5.41, 5.74) is 1.07. The number of likely N-dealkylation sites (tertiary alicyclic amines) is 1. The highest BCUT2D eigenvalue weighted by atomic mass is 19.1. The Balaban J connectivity index is 1.91. The molecule has 0 radical (unpaired) electrons. The van der Waals surface area contributed by atoms with Crippen molar-refractivity contribution in [3.05, 3.63) is 35.9 Å². The van der Waals surface area contributed by atoms with Gasteiger partial charge < -0.3 is 4.84 Å². The van der Waals surface area contributed by atoms with E-state index in [0.29, 0.717) is 13.1 Å². The van der Waals surface area contributed by atoms with Crippen LogP contribution in [0.4, 0.5) is 4.39 Å². The minimum atomic E-state index is -0.904. The SMILES string of the molecule is CON(CC(=O)[C@@H]1C[C@H](F)CN1C)Cc1ccccc1. The van der Waals surface area contributed by atoms with Crippen LogP contribution < -0.4 is 0 Å². The molecule has 1 aliphatic heterocycles. The molecule has 0 bridgehead atoms. The zero-order valence-electron chi connectivity index (χ0n) is 12.0. The maximum atomic E-state index is 13.3. The van der Waals surface area contributed by atoms with Crippen LogP contribution in [0, 0.1) is 0 Å². The van der Waals surface area contributed by atoms with Gasteiger partial charge in [-0.1, -0.05) is 30.3 Å². The molecule has 1 aromatic rings. The van der Waals surface area contributed by atoms with Crippen molar-refractivity contribution in [3.63, 3.8) is 0 Å². The quantitative estimate of drug-likeness (QED) is 0.742. The molecule has 2 atom stereocenters. The van der Waals surface area contributed by atoms with Gasteiger partial charge in [-0.25, -0.2) is 4.39 Å². The van der Waals surface area contributed by atoms with Gasteiger partial charge in [-0.05, 0) is 12.6 Å². The average molecular weight is 280 g/mol. The topological polar surface area (TPSA) is 32.8 Å². The molecule has 0 amide bonds. The number of benzene rings is 1. The highest BCUT2D eigenvalue weighted by molar-refractivity contribution is 5.86. The number of likely N-dealkylation sites (N-methyl/N-ethyl adjacent to an activating group) is 1. The van der Waals surface area contributed by atoms with Gasteiger partial charge >= 0.3 is 0 Å². The van der Waals surface area contributed by atoms with Crippen molar-refractivity contribution in [1.29, 1.82) is 0 Å². The number of halogens is 1. The molecule has 0 aliphatic carbocycles. The minimum absolute atomic E-state index is 0.00503. The van der Waals surface area contributed by atoms with Crippen LogP contribution >= 0.6 is 0 Å². The molecule has 5 heteroatoms. The first-order chi connectivity index (χ1) is 9.60. The summed E-state index contributed by atoms with van der Waals surface area (Å²) in [6.07, 6.45) is -0.614. The molecular formula is C15H21FN2O2. The summed E-state index contributed by atoms with van der Waals surface area (Å²) in [5.74, 6) is 0.00503. The Kier molecular flexibility index (Phi) is 5.23. The Hall–Kier alpha value is -1.30. The zero-order chi connectivity index (χ0) is 14.5. The second-order valence-electron chi connectivity index (χ2n) is 5.22. The molecule has 0 aromatic heterocycles. The maximum absolute atomic E-state index is 13.3. The van der Waals surface area contributed by atoms with E-state index in [1.165, 1.54) is 0 Å². The summed E-state index contributed by atoms with van der Waals surface area (Å²) in [4.78, 5) is 19.3. The first kappa shape index (κ1) is 15.1. The summed E-state index contributed by atoms with van der Waals surface area (Å²) in [6.45, 7) is 1.05. The lowest BCUT2D eigenvalue weighted by atomic mass is 10.1. The molecule has 0 N–H and O–H groups in total. The monoisotopic (exact) mass is 280 g/mol. The van der Waals surface area contributed by atoms with Gasteiger partial charge in [0.05, 0.1) is 19.7 Å². The van der Waals surface area contributed by atoms with Crippen LogP contribution in [0.3, 0.4) is 0 Å². The average Bonchev–Trinajstić information content (AvgIpc) is 2.78. The van der Waals surface area contributed by atoms with E-state index < -0.39 is 6.17 Å². The number of ketones is 1. The van der Waals surface area contributed by atoms with Crippen LogP contribution in [0.5, 0.6) is 0 Å². The number of hydrogen-bond acceptors (Lipinski definition) is 4. The standard InChI is InChI=1S/C15H21FN2O2/c1-17-10-13(16)8-14(17)15(19)11-18(20-2)9-12-6-4-3-5-7-12/h3-7,13-14H,8-11H2,1-2H3/t13-,14-/m0/s1. The smallest absolute Gasteiger partial charge is 0.166 e. The second-order valence-corrected chi connectivity index (χ2v) is 5.22. The molecule has 0 unspecified atom stereocenters. The van der Waals surface area contributed by atoms with Gasteiger partial charge in [0.15, 0.2) is 5.78 Å². The van der Waals surface area contributed by atoms with E-state index in [2.05, 4.69) is 0 Å². The van der Waals surface area contributed by atoms with Crippen LogP contribution in [0.25, 0.3) is 0 Å². The molecule has 0 saturated carbocycles. The summed E-state index contributed by atoms with van der Waals surface area (Å²) in [5, 5.41) is 1.61. The first-order valence-corrected chi connectivity index (χ1v) is 6.80. The number of rotatable bonds is 6. The van der Waals surface area contributed by atoms with E-state index in [1.54, 1.807) is 24.1 Å². The van der Waals surface area contributed by atoms with Gasteiger partial charge in [0.25, 0.3) is 0 Å². The Bertz CT molecular complexity index is 441. The van der Waals surface area contributed by atoms with Crippen molar-refractivity contribution in [2.75, 3.05) is 27.2 Å². The third kappa shape index (κ3) is 3.85. The van der Waals surface area contributed by atoms with E-state index in [9.17, 15) is 9.18 Å². The fourth-order valence-electron chi connectivity index (χ4n) is 2.56. The van der Waals surface area contributed by atoms with E-state index in [-0.39, 0.29) is 24.8 Å². The number of Topliss-reactive ketones (excluding diaryl/α,β-unsaturated/α-hetero) is 1. The maximum Gasteiger partial charge on any atom is 0.166 e. The Labute approximate surface area is 119 Å². The van der Waals surface area contributed by atoms with Crippen LogP contribution in [0.1, 0.15) is 12.0 Å². The largest absolute Gasteiger partial charge is 0.302 e. The summed E-state index contributed by atoms with van der Waals surface area (Å²) in [6, 6.07) is 9.47. The molecule has 1 fully saturated rings. The van der Waals surface area contributed by atoms with E-state index in [4.69, 9.17) is 4.84 Å². The number of carbonyl (C=O) groups is 1. The van der Waals surface area contributed by atoms with Gasteiger partial charge in [0.2, 0.25) is 0 Å². The van der Waals surface area contributed by atoms with Gasteiger partial charge in [-0.15, -0.1) is 0 Å². The lowest BCUT2D eigenvalue weighted by Crippen LogP contribution is -2.40. The summed E-state index contributed by atoms with van der Waals surface area (Å²) >= 11 is 0. The molecule has 1 aromatic carbocycles. The van der Waals surface area contributed by atoms with Gasteiger partial charge in [-0.3, -0.25) is 9.69 Å². The van der Waals surface area contributed by atoms with E-state index in [0.717, 1.165) is 5.56 Å². The number of nitrogens with zero attached hydrogens (tertiary/aromatic N) is 2. The molecule has 1 heterocycles. The normalized spacial score (nSPS) is 23.4. The second kappa shape index (κ2) is 6.92. The first-order valence-electron chi connectivity index (χ1n) is 6.80. The van der Waals surface area contributed by atoms with Crippen molar-refractivity contribution in [2.24, 2.45) is 0 Å². The van der Waals surface area contributed by atoms with Crippen molar-refractivity contribution in [3.8, 4) is 0 Å². The number of hydroxylamine groups is 2. The van der Waals surface area contributed by atoms with Gasteiger partial charge in [0, 0.05) is 19.5 Å². The molecular weight excluding hydrogens is 259 g/mol. The fraction of sp³-hybridized carbons (Fsp3) is 0.533. The number of hydrogen-bond donors (Lipinski definition) is 0. The van der Waals surface area contributed by atoms with Gasteiger partial charge in [-0.2, -0.15) is 5.06 Å². The Morgan fingerprint density at radius 1 is 1.45 bits per heavy atom. The van der Waals surface area contributed by atoms with Crippen LogP contribution in [-0.2, 0) is 16.2 Å². The lowest BCUT2D eigenvalue weighted by Gasteiger charge is -2.23. The zero-order valence-corrected chi connectivity index (χ0v) is 12.0. The molecule has 110 valence electrons. The number of alkyl halides is 1. The van der Waals surface area contributed by atoms with Crippen LogP contribution in [0.2, 0.25) is 0 Å². The third-order valence-electron chi connectivity index (χ3n) is 3.66. The molecule has 20 heavy (non-hydrogen) atoms.